The summed E-state index contributed by atoms with van der Waals surface area (Å²) in [5.74, 6) is -5.30. The first-order valence-electron chi connectivity index (χ1n) is 4.86. The van der Waals surface area contributed by atoms with Gasteiger partial charge in [-0.1, -0.05) is 0 Å². The average molecular weight is 247 g/mol. The molecule has 0 radical (unpaired) electrons. The third-order valence-electron chi connectivity index (χ3n) is 2.33. The molecular weight excluding hydrogens is 235 g/mol. The summed E-state index contributed by atoms with van der Waals surface area (Å²) >= 11 is 0. The van der Waals surface area contributed by atoms with E-state index in [-0.39, 0.29) is 12.2 Å². The van der Waals surface area contributed by atoms with Gasteiger partial charge in [-0.05, 0) is 26.0 Å². The highest BCUT2D eigenvalue weighted by atomic mass is 19.2. The van der Waals surface area contributed by atoms with Gasteiger partial charge in [-0.15, -0.1) is 0 Å². The van der Waals surface area contributed by atoms with E-state index >= 15 is 0 Å². The Labute approximate surface area is 96.3 Å². The normalized spacial score (nSPS) is 11.4. The maximum Gasteiger partial charge on any atom is 0.310 e. The summed E-state index contributed by atoms with van der Waals surface area (Å²) in [6, 6.07) is 1.79. The Morgan fingerprint density at radius 2 is 1.88 bits per heavy atom. The van der Waals surface area contributed by atoms with Gasteiger partial charge in [0.15, 0.2) is 17.5 Å². The van der Waals surface area contributed by atoms with Crippen LogP contribution >= 0.6 is 0 Å². The van der Waals surface area contributed by atoms with Crippen molar-refractivity contribution in [3.63, 3.8) is 0 Å². The summed E-state index contributed by atoms with van der Waals surface area (Å²) in [4.78, 5) is 10.8. The SMILES string of the molecule is CC(C)(CNc1ccc(F)c(F)c1F)C(=O)O. The number of carboxylic acid groups (broad SMARTS) is 1. The van der Waals surface area contributed by atoms with E-state index in [0.29, 0.717) is 0 Å². The number of halogens is 3. The van der Waals surface area contributed by atoms with Crippen LogP contribution in [-0.4, -0.2) is 17.6 Å². The van der Waals surface area contributed by atoms with Gasteiger partial charge in [0.2, 0.25) is 0 Å². The second kappa shape index (κ2) is 4.65. The van der Waals surface area contributed by atoms with Gasteiger partial charge in [0, 0.05) is 6.54 Å². The molecule has 0 heterocycles. The molecule has 2 N–H and O–H groups in total. The number of benzene rings is 1. The first kappa shape index (κ1) is 13.3. The van der Waals surface area contributed by atoms with E-state index in [1.54, 1.807) is 0 Å². The number of carboxylic acids is 1. The Kier molecular flexibility index (Phi) is 3.65. The van der Waals surface area contributed by atoms with E-state index in [1.165, 1.54) is 13.8 Å². The lowest BCUT2D eigenvalue weighted by Crippen LogP contribution is -2.32. The molecule has 94 valence electrons. The van der Waals surface area contributed by atoms with E-state index in [4.69, 9.17) is 5.11 Å². The predicted octanol–water partition coefficient (Wildman–Crippen LogP) is 2.63. The van der Waals surface area contributed by atoms with Crippen LogP contribution in [0.1, 0.15) is 13.8 Å². The highest BCUT2D eigenvalue weighted by molar-refractivity contribution is 5.74. The van der Waals surface area contributed by atoms with Crippen LogP contribution in [0.5, 0.6) is 0 Å². The minimum absolute atomic E-state index is 0.107. The lowest BCUT2D eigenvalue weighted by Gasteiger charge is -2.20. The van der Waals surface area contributed by atoms with Crippen molar-refractivity contribution in [3.8, 4) is 0 Å². The van der Waals surface area contributed by atoms with Gasteiger partial charge in [-0.2, -0.15) is 0 Å². The fourth-order valence-corrected chi connectivity index (χ4v) is 1.05. The Morgan fingerprint density at radius 1 is 1.29 bits per heavy atom. The molecule has 1 rings (SSSR count). The maximum absolute atomic E-state index is 13.2. The number of hydrogen-bond acceptors (Lipinski definition) is 2. The molecule has 1 aromatic carbocycles. The van der Waals surface area contributed by atoms with Gasteiger partial charge < -0.3 is 10.4 Å². The van der Waals surface area contributed by atoms with Gasteiger partial charge in [-0.25, -0.2) is 13.2 Å². The van der Waals surface area contributed by atoms with Crippen LogP contribution in [-0.2, 0) is 4.79 Å². The third kappa shape index (κ3) is 2.89. The summed E-state index contributed by atoms with van der Waals surface area (Å²) in [6.07, 6.45) is 0. The van der Waals surface area contributed by atoms with Crippen LogP contribution in [0.25, 0.3) is 0 Å². The molecule has 17 heavy (non-hydrogen) atoms. The molecule has 1 aromatic rings. The van der Waals surface area contributed by atoms with Crippen molar-refractivity contribution in [2.75, 3.05) is 11.9 Å². The molecular formula is C11H12F3NO2. The first-order chi connectivity index (χ1) is 7.75. The zero-order valence-electron chi connectivity index (χ0n) is 9.35. The molecule has 0 aromatic heterocycles. The molecule has 0 aliphatic rings. The zero-order chi connectivity index (χ0) is 13.2. The molecule has 0 unspecified atom stereocenters. The summed E-state index contributed by atoms with van der Waals surface area (Å²) in [7, 11) is 0. The summed E-state index contributed by atoms with van der Waals surface area (Å²) in [5, 5.41) is 11.3. The highest BCUT2D eigenvalue weighted by Gasteiger charge is 2.27. The molecule has 0 fully saturated rings. The molecule has 0 bridgehead atoms. The first-order valence-corrected chi connectivity index (χ1v) is 4.86. The Morgan fingerprint density at radius 3 is 2.41 bits per heavy atom. The second-order valence-corrected chi connectivity index (χ2v) is 4.27. The van der Waals surface area contributed by atoms with Crippen molar-refractivity contribution in [1.82, 2.24) is 0 Å². The Bertz CT molecular complexity index is 447. The monoisotopic (exact) mass is 247 g/mol. The number of rotatable bonds is 4. The van der Waals surface area contributed by atoms with E-state index in [9.17, 15) is 18.0 Å². The second-order valence-electron chi connectivity index (χ2n) is 4.27. The largest absolute Gasteiger partial charge is 0.481 e. The van der Waals surface area contributed by atoms with Gasteiger partial charge in [0.25, 0.3) is 0 Å². The van der Waals surface area contributed by atoms with Crippen molar-refractivity contribution < 1.29 is 23.1 Å². The van der Waals surface area contributed by atoms with Crippen molar-refractivity contribution in [2.45, 2.75) is 13.8 Å². The average Bonchev–Trinajstić information content (AvgIpc) is 2.25. The molecule has 0 atom stereocenters. The van der Waals surface area contributed by atoms with Crippen molar-refractivity contribution >= 4 is 11.7 Å². The number of nitrogens with one attached hydrogen (secondary N) is 1. The van der Waals surface area contributed by atoms with Gasteiger partial charge >= 0.3 is 5.97 Å². The van der Waals surface area contributed by atoms with Crippen molar-refractivity contribution in [3.05, 3.63) is 29.6 Å². The molecule has 0 amide bonds. The summed E-state index contributed by atoms with van der Waals surface area (Å²) in [5.41, 5.74) is -1.41. The molecule has 3 nitrogen and oxygen atoms in total. The van der Waals surface area contributed by atoms with Gasteiger partial charge in [-0.3, -0.25) is 4.79 Å². The van der Waals surface area contributed by atoms with Gasteiger partial charge in [0.05, 0.1) is 11.1 Å². The fourth-order valence-electron chi connectivity index (χ4n) is 1.05. The highest BCUT2D eigenvalue weighted by Crippen LogP contribution is 2.22. The van der Waals surface area contributed by atoms with E-state index in [0.717, 1.165) is 12.1 Å². The Balaban J connectivity index is 2.84. The minimum atomic E-state index is -1.58. The standard InChI is InChI=1S/C11H12F3NO2/c1-11(2,10(16)17)5-15-7-4-3-6(12)8(13)9(7)14/h3-4,15H,5H2,1-2H3,(H,16,17). The van der Waals surface area contributed by atoms with Crippen LogP contribution in [0.15, 0.2) is 12.1 Å². The number of anilines is 1. The molecule has 0 saturated carbocycles. The summed E-state index contributed by atoms with van der Waals surface area (Å²) < 4.78 is 38.7. The minimum Gasteiger partial charge on any atom is -0.481 e. The molecule has 0 aliphatic heterocycles. The Hall–Kier alpha value is -1.72. The lowest BCUT2D eigenvalue weighted by atomic mass is 9.94. The smallest absolute Gasteiger partial charge is 0.310 e. The van der Waals surface area contributed by atoms with Crippen LogP contribution in [0, 0.1) is 22.9 Å². The van der Waals surface area contributed by atoms with Crippen LogP contribution in [0.3, 0.4) is 0 Å². The van der Waals surface area contributed by atoms with Crippen molar-refractivity contribution in [1.29, 1.82) is 0 Å². The molecule has 6 heteroatoms. The molecule has 0 spiro atoms. The van der Waals surface area contributed by atoms with Crippen LogP contribution < -0.4 is 5.32 Å². The van der Waals surface area contributed by atoms with E-state index in [1.807, 2.05) is 0 Å². The lowest BCUT2D eigenvalue weighted by molar-refractivity contribution is -0.146. The number of hydrogen-bond donors (Lipinski definition) is 2. The summed E-state index contributed by atoms with van der Waals surface area (Å²) in [6.45, 7) is 2.75. The quantitative estimate of drug-likeness (QED) is 0.804. The van der Waals surface area contributed by atoms with E-state index in [2.05, 4.69) is 5.32 Å². The third-order valence-corrected chi connectivity index (χ3v) is 2.33. The van der Waals surface area contributed by atoms with Crippen LogP contribution in [0.4, 0.5) is 18.9 Å². The molecule has 0 aliphatic carbocycles. The zero-order valence-corrected chi connectivity index (χ0v) is 9.35. The number of aliphatic carboxylic acids is 1. The van der Waals surface area contributed by atoms with Crippen molar-refractivity contribution in [2.24, 2.45) is 5.41 Å². The number of carbonyl (C=O) groups is 1. The van der Waals surface area contributed by atoms with E-state index < -0.39 is 28.8 Å². The van der Waals surface area contributed by atoms with Crippen LogP contribution in [0.2, 0.25) is 0 Å². The molecule has 0 saturated heterocycles. The van der Waals surface area contributed by atoms with Gasteiger partial charge in [0.1, 0.15) is 0 Å². The topological polar surface area (TPSA) is 49.3 Å². The maximum atomic E-state index is 13.2. The predicted molar refractivity (Wildman–Crippen MR) is 56.2 cm³/mol. The fraction of sp³-hybridized carbons (Fsp3) is 0.364.